The van der Waals surface area contributed by atoms with Crippen molar-refractivity contribution < 1.29 is 0 Å². The van der Waals surface area contributed by atoms with E-state index >= 15 is 0 Å². The van der Waals surface area contributed by atoms with E-state index in [0.717, 1.165) is 18.1 Å². The third kappa shape index (κ3) is 4.56. The standard InChI is InChI=1S/C12H23N5/c1-5-9(2)16-10-6-11(15-8-14-10)17-12(3,4)7-13/h6,8-9H,5,7,13H2,1-4H3,(H2,14,15,16,17). The molecule has 1 atom stereocenters. The first kappa shape index (κ1) is 13.7. The third-order valence-corrected chi connectivity index (χ3v) is 2.65. The number of nitrogens with one attached hydrogen (secondary N) is 2. The molecule has 0 amide bonds. The molecule has 0 aromatic carbocycles. The molecule has 0 aliphatic heterocycles. The highest BCUT2D eigenvalue weighted by Gasteiger charge is 2.15. The molecule has 1 aromatic heterocycles. The molecule has 96 valence electrons. The second-order valence-electron chi connectivity index (χ2n) is 4.96. The van der Waals surface area contributed by atoms with Crippen LogP contribution in [0.25, 0.3) is 0 Å². The summed E-state index contributed by atoms with van der Waals surface area (Å²) in [4.78, 5) is 8.38. The second kappa shape index (κ2) is 5.82. The summed E-state index contributed by atoms with van der Waals surface area (Å²) >= 11 is 0. The predicted octanol–water partition coefficient (Wildman–Crippen LogP) is 1.84. The first-order valence-corrected chi connectivity index (χ1v) is 6.03. The van der Waals surface area contributed by atoms with Crippen LogP contribution in [0.2, 0.25) is 0 Å². The summed E-state index contributed by atoms with van der Waals surface area (Å²) in [6.07, 6.45) is 2.61. The van der Waals surface area contributed by atoms with Crippen molar-refractivity contribution in [3.05, 3.63) is 12.4 Å². The molecular formula is C12H23N5. The Morgan fingerprint density at radius 2 is 2.00 bits per heavy atom. The largest absolute Gasteiger partial charge is 0.367 e. The molecule has 0 aliphatic rings. The summed E-state index contributed by atoms with van der Waals surface area (Å²) in [6.45, 7) is 8.88. The maximum atomic E-state index is 5.67. The minimum absolute atomic E-state index is 0.165. The third-order valence-electron chi connectivity index (χ3n) is 2.65. The highest BCUT2D eigenvalue weighted by atomic mass is 15.1. The Morgan fingerprint density at radius 1 is 1.35 bits per heavy atom. The van der Waals surface area contributed by atoms with E-state index in [1.807, 2.05) is 19.9 Å². The average Bonchev–Trinajstić information content (AvgIpc) is 2.29. The highest BCUT2D eigenvalue weighted by molar-refractivity contribution is 5.48. The van der Waals surface area contributed by atoms with Crippen LogP contribution >= 0.6 is 0 Å². The van der Waals surface area contributed by atoms with Gasteiger partial charge in [0.1, 0.15) is 18.0 Å². The Labute approximate surface area is 103 Å². The predicted molar refractivity (Wildman–Crippen MR) is 72.2 cm³/mol. The monoisotopic (exact) mass is 237 g/mol. The number of nitrogens with zero attached hydrogens (tertiary/aromatic N) is 2. The van der Waals surface area contributed by atoms with Crippen molar-refractivity contribution in [2.24, 2.45) is 5.73 Å². The molecule has 0 fully saturated rings. The molecule has 0 radical (unpaired) electrons. The number of nitrogens with two attached hydrogens (primary N) is 1. The van der Waals surface area contributed by atoms with Gasteiger partial charge < -0.3 is 16.4 Å². The Kier molecular flexibility index (Phi) is 4.69. The first-order valence-electron chi connectivity index (χ1n) is 6.03. The van der Waals surface area contributed by atoms with Crippen LogP contribution in [-0.2, 0) is 0 Å². The molecule has 0 aliphatic carbocycles. The summed E-state index contributed by atoms with van der Waals surface area (Å²) in [7, 11) is 0. The van der Waals surface area contributed by atoms with Crippen molar-refractivity contribution in [2.45, 2.75) is 45.7 Å². The van der Waals surface area contributed by atoms with Gasteiger partial charge in [0.2, 0.25) is 0 Å². The summed E-state index contributed by atoms with van der Waals surface area (Å²) < 4.78 is 0. The zero-order chi connectivity index (χ0) is 12.9. The minimum atomic E-state index is -0.165. The van der Waals surface area contributed by atoms with Crippen LogP contribution in [0.3, 0.4) is 0 Å². The fourth-order valence-electron chi connectivity index (χ4n) is 1.26. The summed E-state index contributed by atoms with van der Waals surface area (Å²) in [5.74, 6) is 1.63. The lowest BCUT2D eigenvalue weighted by atomic mass is 10.1. The van der Waals surface area contributed by atoms with Crippen molar-refractivity contribution >= 4 is 11.6 Å². The van der Waals surface area contributed by atoms with Crippen molar-refractivity contribution in [1.82, 2.24) is 9.97 Å². The highest BCUT2D eigenvalue weighted by Crippen LogP contribution is 2.15. The van der Waals surface area contributed by atoms with Crippen molar-refractivity contribution in [3.63, 3.8) is 0 Å². The van der Waals surface area contributed by atoms with Crippen LogP contribution in [-0.4, -0.2) is 28.1 Å². The quantitative estimate of drug-likeness (QED) is 0.704. The van der Waals surface area contributed by atoms with E-state index in [1.54, 1.807) is 6.33 Å². The van der Waals surface area contributed by atoms with Gasteiger partial charge in [0, 0.05) is 24.2 Å². The smallest absolute Gasteiger partial charge is 0.131 e. The van der Waals surface area contributed by atoms with E-state index in [9.17, 15) is 0 Å². The zero-order valence-electron chi connectivity index (χ0n) is 11.1. The molecule has 0 saturated carbocycles. The van der Waals surface area contributed by atoms with E-state index in [0.29, 0.717) is 12.6 Å². The summed E-state index contributed by atoms with van der Waals surface area (Å²) in [6, 6.07) is 2.31. The van der Waals surface area contributed by atoms with Gasteiger partial charge in [0.05, 0.1) is 0 Å². The van der Waals surface area contributed by atoms with Crippen LogP contribution in [0.1, 0.15) is 34.1 Å². The van der Waals surface area contributed by atoms with Gasteiger partial charge in [-0.2, -0.15) is 0 Å². The lowest BCUT2D eigenvalue weighted by Crippen LogP contribution is -2.39. The number of hydrogen-bond donors (Lipinski definition) is 3. The molecule has 4 N–H and O–H groups in total. The SMILES string of the molecule is CCC(C)Nc1cc(NC(C)(C)CN)ncn1. The van der Waals surface area contributed by atoms with Crippen molar-refractivity contribution in [1.29, 1.82) is 0 Å². The Bertz CT molecular complexity index is 351. The lowest BCUT2D eigenvalue weighted by molar-refractivity contribution is 0.577. The summed E-state index contributed by atoms with van der Waals surface area (Å²) in [5.41, 5.74) is 5.51. The van der Waals surface area contributed by atoms with Crippen LogP contribution in [0, 0.1) is 0 Å². The molecule has 0 spiro atoms. The summed E-state index contributed by atoms with van der Waals surface area (Å²) in [5, 5.41) is 6.60. The molecular weight excluding hydrogens is 214 g/mol. The van der Waals surface area contributed by atoms with E-state index in [-0.39, 0.29) is 5.54 Å². The van der Waals surface area contributed by atoms with E-state index in [1.165, 1.54) is 0 Å². The fourth-order valence-corrected chi connectivity index (χ4v) is 1.26. The Morgan fingerprint density at radius 3 is 2.59 bits per heavy atom. The molecule has 1 heterocycles. The lowest BCUT2D eigenvalue weighted by Gasteiger charge is -2.25. The molecule has 5 heteroatoms. The average molecular weight is 237 g/mol. The Balaban J connectivity index is 2.72. The van der Waals surface area contributed by atoms with Gasteiger partial charge in [0.15, 0.2) is 0 Å². The number of anilines is 2. The van der Waals surface area contributed by atoms with E-state index in [4.69, 9.17) is 5.73 Å². The van der Waals surface area contributed by atoms with E-state index in [2.05, 4.69) is 34.4 Å². The van der Waals surface area contributed by atoms with Crippen LogP contribution in [0.4, 0.5) is 11.6 Å². The normalized spacial score (nSPS) is 13.2. The topological polar surface area (TPSA) is 75.9 Å². The molecule has 1 aromatic rings. The van der Waals surface area contributed by atoms with Gasteiger partial charge >= 0.3 is 0 Å². The van der Waals surface area contributed by atoms with Gasteiger partial charge in [-0.1, -0.05) is 6.92 Å². The van der Waals surface area contributed by atoms with Crippen LogP contribution < -0.4 is 16.4 Å². The van der Waals surface area contributed by atoms with Crippen molar-refractivity contribution in [2.75, 3.05) is 17.2 Å². The van der Waals surface area contributed by atoms with Crippen molar-refractivity contribution in [3.8, 4) is 0 Å². The maximum absolute atomic E-state index is 5.67. The molecule has 0 bridgehead atoms. The molecule has 17 heavy (non-hydrogen) atoms. The minimum Gasteiger partial charge on any atom is -0.367 e. The zero-order valence-corrected chi connectivity index (χ0v) is 11.1. The van der Waals surface area contributed by atoms with Crippen LogP contribution in [0.15, 0.2) is 12.4 Å². The number of hydrogen-bond acceptors (Lipinski definition) is 5. The number of rotatable bonds is 6. The Hall–Kier alpha value is -1.36. The second-order valence-corrected chi connectivity index (χ2v) is 4.96. The van der Waals surface area contributed by atoms with Gasteiger partial charge in [-0.05, 0) is 27.2 Å². The molecule has 0 saturated heterocycles. The first-order chi connectivity index (χ1) is 7.96. The molecule has 1 rings (SSSR count). The van der Waals surface area contributed by atoms with Crippen LogP contribution in [0.5, 0.6) is 0 Å². The van der Waals surface area contributed by atoms with Gasteiger partial charge in [-0.15, -0.1) is 0 Å². The molecule has 1 unspecified atom stereocenters. The maximum Gasteiger partial charge on any atom is 0.131 e. The van der Waals surface area contributed by atoms with Gasteiger partial charge in [-0.25, -0.2) is 9.97 Å². The molecule has 5 nitrogen and oxygen atoms in total. The number of aromatic nitrogens is 2. The van der Waals surface area contributed by atoms with Gasteiger partial charge in [-0.3, -0.25) is 0 Å². The fraction of sp³-hybridized carbons (Fsp3) is 0.667. The van der Waals surface area contributed by atoms with E-state index < -0.39 is 0 Å². The van der Waals surface area contributed by atoms with Gasteiger partial charge in [0.25, 0.3) is 0 Å².